The minimum atomic E-state index is -1.18. The van der Waals surface area contributed by atoms with Gasteiger partial charge in [-0.2, -0.15) is 0 Å². The molecule has 0 radical (unpaired) electrons. The summed E-state index contributed by atoms with van der Waals surface area (Å²) in [4.78, 5) is 38.3. The van der Waals surface area contributed by atoms with Gasteiger partial charge in [-0.05, 0) is 41.9 Å². The average Bonchev–Trinajstić information content (AvgIpc) is 2.93. The van der Waals surface area contributed by atoms with E-state index < -0.39 is 47.1 Å². The maximum atomic E-state index is 13.6. The molecule has 10 heteroatoms. The van der Waals surface area contributed by atoms with Crippen LogP contribution in [-0.4, -0.2) is 49.1 Å². The highest BCUT2D eigenvalue weighted by atomic mass is 19.1. The normalized spacial score (nSPS) is 13.9. The van der Waals surface area contributed by atoms with E-state index in [0.29, 0.717) is 12.8 Å². The van der Waals surface area contributed by atoms with Crippen LogP contribution in [0.5, 0.6) is 0 Å². The van der Waals surface area contributed by atoms with E-state index in [1.54, 1.807) is 0 Å². The van der Waals surface area contributed by atoms with Crippen molar-refractivity contribution in [1.29, 1.82) is 0 Å². The number of halogens is 2. The molecule has 2 amide bonds. The number of rotatable bonds is 21. The van der Waals surface area contributed by atoms with Crippen molar-refractivity contribution in [3.8, 4) is 0 Å². The number of ether oxygens (including phenoxy) is 1. The summed E-state index contributed by atoms with van der Waals surface area (Å²) in [5, 5.41) is 5.59. The van der Waals surface area contributed by atoms with Crippen LogP contribution in [0.25, 0.3) is 0 Å². The van der Waals surface area contributed by atoms with Gasteiger partial charge in [-0.1, -0.05) is 89.9 Å². The molecule has 0 spiro atoms. The fourth-order valence-electron chi connectivity index (χ4n) is 4.33. The second-order valence-electron chi connectivity index (χ2n) is 11.8. The molecule has 6 N–H and O–H groups in total. The summed E-state index contributed by atoms with van der Waals surface area (Å²) >= 11 is 0. The lowest BCUT2D eigenvalue weighted by molar-refractivity contribution is -0.157. The third-order valence-corrected chi connectivity index (χ3v) is 6.82. The zero-order chi connectivity index (χ0) is 32.4. The lowest BCUT2D eigenvalue weighted by Crippen LogP contribution is -2.52. The predicted molar refractivity (Wildman–Crippen MR) is 167 cm³/mol. The highest BCUT2D eigenvalue weighted by Crippen LogP contribution is 2.19. The Hall–Kier alpha value is -3.37. The van der Waals surface area contributed by atoms with Crippen LogP contribution in [0.15, 0.2) is 66.8 Å². The minimum absolute atomic E-state index is 0.0620. The number of carbonyl (C=O) groups excluding carboxylic acids is 3. The maximum Gasteiger partial charge on any atom is 0.306 e. The summed E-state index contributed by atoms with van der Waals surface area (Å²) in [6.45, 7) is 12.4. The first-order valence-electron chi connectivity index (χ1n) is 14.9. The number of hydrogen-bond acceptors (Lipinski definition) is 6. The van der Waals surface area contributed by atoms with Gasteiger partial charge in [-0.15, -0.1) is 0 Å². The van der Waals surface area contributed by atoms with Crippen LogP contribution in [-0.2, 0) is 25.5 Å². The maximum absolute atomic E-state index is 13.6. The Bertz CT molecular complexity index is 1090. The highest BCUT2D eigenvalue weighted by Gasteiger charge is 2.31. The number of carbonyl (C=O) groups is 3. The standard InChI is InChI=1S/C33H50F2N4O4/c1-6-7-8-9-13-16-30(41)43-31(28(37)18-25-14-11-10-12-15-25)32(42)39-22-33(4,5)21-38-29(40)20-27(36)19-26(24(3)35)17-23(2)34/h10-12,14-15,17,27-28,31H,2-3,6-9,13,16,18-22,36-37H2,1,4-5H3,(H,38,40)(H,39,42)/b26-17-. The molecule has 240 valence electrons. The quantitative estimate of drug-likeness (QED) is 0.0877. The molecular weight excluding hydrogens is 554 g/mol. The molecule has 0 aliphatic carbocycles. The molecule has 3 atom stereocenters. The lowest BCUT2D eigenvalue weighted by atomic mass is 9.92. The van der Waals surface area contributed by atoms with Crippen molar-refractivity contribution in [1.82, 2.24) is 10.6 Å². The number of esters is 1. The molecule has 0 aliphatic rings. The molecule has 0 saturated heterocycles. The van der Waals surface area contributed by atoms with Crippen LogP contribution in [0.1, 0.15) is 77.7 Å². The number of allylic oxidation sites excluding steroid dienone is 3. The molecular formula is C33H50F2N4O4. The van der Waals surface area contributed by atoms with Crippen LogP contribution >= 0.6 is 0 Å². The van der Waals surface area contributed by atoms with Gasteiger partial charge in [0, 0.05) is 32.0 Å². The summed E-state index contributed by atoms with van der Waals surface area (Å²) < 4.78 is 32.3. The first kappa shape index (κ1) is 37.7. The van der Waals surface area contributed by atoms with Crippen LogP contribution in [0.4, 0.5) is 8.78 Å². The van der Waals surface area contributed by atoms with Crippen LogP contribution in [0.2, 0.25) is 0 Å². The topological polar surface area (TPSA) is 137 Å². The smallest absolute Gasteiger partial charge is 0.306 e. The first-order chi connectivity index (χ1) is 20.2. The summed E-state index contributed by atoms with van der Waals surface area (Å²) in [5.41, 5.74) is 12.6. The van der Waals surface area contributed by atoms with Crippen molar-refractivity contribution in [3.05, 3.63) is 72.4 Å². The Labute approximate surface area is 255 Å². The molecule has 0 heterocycles. The van der Waals surface area contributed by atoms with E-state index in [4.69, 9.17) is 16.2 Å². The third-order valence-electron chi connectivity index (χ3n) is 6.82. The second-order valence-corrected chi connectivity index (χ2v) is 11.8. The molecule has 0 bridgehead atoms. The molecule has 0 fully saturated rings. The van der Waals surface area contributed by atoms with Gasteiger partial charge in [-0.3, -0.25) is 14.4 Å². The Balaban J connectivity index is 2.72. The number of nitrogens with one attached hydrogen (secondary N) is 2. The zero-order valence-corrected chi connectivity index (χ0v) is 25.9. The van der Waals surface area contributed by atoms with Gasteiger partial charge in [0.2, 0.25) is 5.91 Å². The molecule has 0 saturated carbocycles. The molecule has 8 nitrogen and oxygen atoms in total. The van der Waals surface area contributed by atoms with Crippen LogP contribution in [0.3, 0.4) is 0 Å². The van der Waals surface area contributed by atoms with E-state index in [9.17, 15) is 23.2 Å². The molecule has 1 rings (SSSR count). The zero-order valence-electron chi connectivity index (χ0n) is 25.9. The van der Waals surface area contributed by atoms with E-state index in [1.807, 2.05) is 44.2 Å². The highest BCUT2D eigenvalue weighted by molar-refractivity contribution is 5.84. The van der Waals surface area contributed by atoms with E-state index >= 15 is 0 Å². The van der Waals surface area contributed by atoms with Crippen molar-refractivity contribution in [3.63, 3.8) is 0 Å². The van der Waals surface area contributed by atoms with Crippen LogP contribution in [0, 0.1) is 5.41 Å². The van der Waals surface area contributed by atoms with Gasteiger partial charge in [0.25, 0.3) is 5.91 Å². The number of nitrogens with two attached hydrogens (primary N) is 2. The van der Waals surface area contributed by atoms with E-state index in [2.05, 4.69) is 30.7 Å². The molecule has 43 heavy (non-hydrogen) atoms. The molecule has 1 aromatic rings. The predicted octanol–water partition coefficient (Wildman–Crippen LogP) is 5.09. The molecule has 1 aromatic carbocycles. The largest absolute Gasteiger partial charge is 0.451 e. The summed E-state index contributed by atoms with van der Waals surface area (Å²) in [6, 6.07) is 7.88. The van der Waals surface area contributed by atoms with Gasteiger partial charge < -0.3 is 26.8 Å². The van der Waals surface area contributed by atoms with Crippen molar-refractivity contribution in [2.75, 3.05) is 13.1 Å². The van der Waals surface area contributed by atoms with Gasteiger partial charge in [0.1, 0.15) is 11.7 Å². The van der Waals surface area contributed by atoms with Crippen molar-refractivity contribution >= 4 is 17.8 Å². The summed E-state index contributed by atoms with van der Waals surface area (Å²) in [5.74, 6) is -3.04. The Morgan fingerprint density at radius 3 is 2.21 bits per heavy atom. The summed E-state index contributed by atoms with van der Waals surface area (Å²) in [6.07, 6.45) is 4.90. The second kappa shape index (κ2) is 19.7. The molecule has 0 aliphatic heterocycles. The lowest BCUT2D eigenvalue weighted by Gasteiger charge is -2.28. The van der Waals surface area contributed by atoms with Crippen molar-refractivity contribution < 1.29 is 27.9 Å². The molecule has 0 aromatic heterocycles. The minimum Gasteiger partial charge on any atom is -0.451 e. The number of amides is 2. The Kier molecular flexibility index (Phi) is 17.3. The van der Waals surface area contributed by atoms with E-state index in [1.165, 1.54) is 0 Å². The fraction of sp³-hybridized carbons (Fsp3) is 0.545. The first-order valence-corrected chi connectivity index (χ1v) is 14.9. The Morgan fingerprint density at radius 1 is 0.977 bits per heavy atom. The average molecular weight is 605 g/mol. The summed E-state index contributed by atoms with van der Waals surface area (Å²) in [7, 11) is 0. The van der Waals surface area contributed by atoms with Gasteiger partial charge >= 0.3 is 5.97 Å². The van der Waals surface area contributed by atoms with E-state index in [0.717, 1.165) is 37.3 Å². The van der Waals surface area contributed by atoms with Crippen LogP contribution < -0.4 is 22.1 Å². The Morgan fingerprint density at radius 2 is 1.60 bits per heavy atom. The number of unbranched alkanes of at least 4 members (excludes halogenated alkanes) is 4. The van der Waals surface area contributed by atoms with Gasteiger partial charge in [0.15, 0.2) is 6.10 Å². The van der Waals surface area contributed by atoms with Crippen molar-refractivity contribution in [2.24, 2.45) is 16.9 Å². The monoisotopic (exact) mass is 604 g/mol. The SMILES string of the molecule is C=C(F)/C=C(/CC(N)CC(=O)NCC(C)(C)CNC(=O)C(OC(=O)CCCCCCC)C(N)Cc1ccccc1)C(=C)F. The molecule has 3 unspecified atom stereocenters. The van der Waals surface area contributed by atoms with Gasteiger partial charge in [-0.25, -0.2) is 8.78 Å². The number of hydrogen-bond donors (Lipinski definition) is 4. The fourth-order valence-corrected chi connectivity index (χ4v) is 4.33. The van der Waals surface area contributed by atoms with Gasteiger partial charge in [0.05, 0.1) is 6.04 Å². The third kappa shape index (κ3) is 16.7. The number of benzene rings is 1. The van der Waals surface area contributed by atoms with E-state index in [-0.39, 0.29) is 43.8 Å². The van der Waals surface area contributed by atoms with Crippen molar-refractivity contribution in [2.45, 2.75) is 96.7 Å².